The molecule has 0 aliphatic heterocycles. The topological polar surface area (TPSA) is 73.1 Å². The molecular weight excluding hydrogens is 216 g/mol. The lowest BCUT2D eigenvalue weighted by Crippen LogP contribution is -2.46. The Morgan fingerprint density at radius 1 is 1.47 bits per heavy atom. The molecule has 0 aromatic heterocycles. The lowest BCUT2D eigenvalue weighted by molar-refractivity contribution is -0.138. The van der Waals surface area contributed by atoms with Crippen LogP contribution in [0.4, 0.5) is 5.69 Å². The molecule has 1 aromatic rings. The molecule has 1 aliphatic rings. The van der Waals surface area contributed by atoms with Crippen molar-refractivity contribution < 1.29 is 9.90 Å². The van der Waals surface area contributed by atoms with Crippen LogP contribution in [0.5, 0.6) is 0 Å². The van der Waals surface area contributed by atoms with Crippen LogP contribution < -0.4 is 5.32 Å². The number of hydrogen-bond donors (Lipinski definition) is 2. The van der Waals surface area contributed by atoms with Crippen LogP contribution in [0.25, 0.3) is 0 Å². The standard InChI is InChI=1S/C13H14N2O2/c14-9-10-4-1-2-5-11(10)15-13(6-3-7-13)8-12(16)17/h1-2,4-5,15H,3,6-8H2,(H,16,17). The van der Waals surface area contributed by atoms with E-state index in [4.69, 9.17) is 10.4 Å². The van der Waals surface area contributed by atoms with Crippen LogP contribution in [0.15, 0.2) is 24.3 Å². The number of rotatable bonds is 4. The Balaban J connectivity index is 2.19. The van der Waals surface area contributed by atoms with E-state index < -0.39 is 5.97 Å². The number of nitrogens with zero attached hydrogens (tertiary/aromatic N) is 1. The number of benzene rings is 1. The van der Waals surface area contributed by atoms with Gasteiger partial charge in [0.05, 0.1) is 17.7 Å². The highest BCUT2D eigenvalue weighted by atomic mass is 16.4. The average molecular weight is 230 g/mol. The Morgan fingerprint density at radius 2 is 2.18 bits per heavy atom. The third-order valence-electron chi connectivity index (χ3n) is 3.25. The lowest BCUT2D eigenvalue weighted by Gasteiger charge is -2.42. The summed E-state index contributed by atoms with van der Waals surface area (Å²) in [5.74, 6) is -0.799. The summed E-state index contributed by atoms with van der Waals surface area (Å²) in [7, 11) is 0. The van der Waals surface area contributed by atoms with Crippen molar-refractivity contribution in [3.8, 4) is 6.07 Å². The van der Waals surface area contributed by atoms with Crippen LogP contribution in [0.1, 0.15) is 31.2 Å². The molecule has 0 bridgehead atoms. The van der Waals surface area contributed by atoms with Crippen LogP contribution in [0, 0.1) is 11.3 Å². The Hall–Kier alpha value is -2.02. The molecule has 0 spiro atoms. The van der Waals surface area contributed by atoms with Crippen molar-refractivity contribution in [2.24, 2.45) is 0 Å². The maximum absolute atomic E-state index is 10.8. The highest BCUT2D eigenvalue weighted by Crippen LogP contribution is 2.38. The van der Waals surface area contributed by atoms with E-state index in [0.29, 0.717) is 5.56 Å². The molecule has 17 heavy (non-hydrogen) atoms. The molecule has 88 valence electrons. The summed E-state index contributed by atoms with van der Waals surface area (Å²) in [6.45, 7) is 0. The maximum atomic E-state index is 10.8. The van der Waals surface area contributed by atoms with E-state index in [1.165, 1.54) is 0 Å². The molecular formula is C13H14N2O2. The van der Waals surface area contributed by atoms with Gasteiger partial charge in [-0.05, 0) is 31.4 Å². The fraction of sp³-hybridized carbons (Fsp3) is 0.385. The summed E-state index contributed by atoms with van der Waals surface area (Å²) < 4.78 is 0. The second-order valence-electron chi connectivity index (χ2n) is 4.49. The van der Waals surface area contributed by atoms with Crippen LogP contribution in [0.2, 0.25) is 0 Å². The number of carboxylic acids is 1. The molecule has 1 aromatic carbocycles. The highest BCUT2D eigenvalue weighted by molar-refractivity contribution is 5.70. The van der Waals surface area contributed by atoms with Gasteiger partial charge in [-0.2, -0.15) is 5.26 Å². The predicted molar refractivity (Wildman–Crippen MR) is 63.6 cm³/mol. The Morgan fingerprint density at radius 3 is 2.71 bits per heavy atom. The van der Waals surface area contributed by atoms with Crippen LogP contribution in [0.3, 0.4) is 0 Å². The van der Waals surface area contributed by atoms with Crippen LogP contribution >= 0.6 is 0 Å². The summed E-state index contributed by atoms with van der Waals surface area (Å²) in [5.41, 5.74) is 0.929. The third kappa shape index (κ3) is 2.39. The average Bonchev–Trinajstić information content (AvgIpc) is 2.26. The fourth-order valence-corrected chi connectivity index (χ4v) is 2.21. The smallest absolute Gasteiger partial charge is 0.305 e. The molecule has 4 nitrogen and oxygen atoms in total. The Bertz CT molecular complexity index is 473. The first-order chi connectivity index (χ1) is 8.15. The number of anilines is 1. The van der Waals surface area contributed by atoms with Crippen molar-refractivity contribution in [2.45, 2.75) is 31.2 Å². The summed E-state index contributed by atoms with van der Waals surface area (Å²) in [6, 6.07) is 9.30. The van der Waals surface area contributed by atoms with Crippen LogP contribution in [-0.4, -0.2) is 16.6 Å². The first-order valence-electron chi connectivity index (χ1n) is 5.64. The zero-order chi connectivity index (χ0) is 12.3. The maximum Gasteiger partial charge on any atom is 0.305 e. The molecule has 0 saturated heterocycles. The summed E-state index contributed by atoms with van der Waals surface area (Å²) in [5, 5.41) is 21.1. The molecule has 0 heterocycles. The van der Waals surface area contributed by atoms with Gasteiger partial charge in [0.1, 0.15) is 6.07 Å². The van der Waals surface area contributed by atoms with Crippen molar-refractivity contribution in [1.82, 2.24) is 0 Å². The van der Waals surface area contributed by atoms with Gasteiger partial charge < -0.3 is 10.4 Å². The number of aliphatic carboxylic acids is 1. The first kappa shape index (κ1) is 11.5. The van der Waals surface area contributed by atoms with Gasteiger partial charge in [-0.1, -0.05) is 12.1 Å². The predicted octanol–water partition coefficient (Wildman–Crippen LogP) is 2.37. The number of carbonyl (C=O) groups is 1. The van der Waals surface area contributed by atoms with Gasteiger partial charge in [0, 0.05) is 5.54 Å². The van der Waals surface area contributed by atoms with E-state index in [2.05, 4.69) is 11.4 Å². The van der Waals surface area contributed by atoms with Gasteiger partial charge >= 0.3 is 5.97 Å². The fourth-order valence-electron chi connectivity index (χ4n) is 2.21. The van der Waals surface area contributed by atoms with E-state index in [1.807, 2.05) is 12.1 Å². The quantitative estimate of drug-likeness (QED) is 0.832. The molecule has 4 heteroatoms. The number of para-hydroxylation sites is 1. The normalized spacial score (nSPS) is 16.6. The van der Waals surface area contributed by atoms with E-state index in [0.717, 1.165) is 24.9 Å². The van der Waals surface area contributed by atoms with E-state index in [-0.39, 0.29) is 12.0 Å². The van der Waals surface area contributed by atoms with Crippen molar-refractivity contribution >= 4 is 11.7 Å². The minimum absolute atomic E-state index is 0.104. The van der Waals surface area contributed by atoms with Crippen molar-refractivity contribution in [3.05, 3.63) is 29.8 Å². The molecule has 0 atom stereocenters. The third-order valence-corrected chi connectivity index (χ3v) is 3.25. The number of hydrogen-bond acceptors (Lipinski definition) is 3. The van der Waals surface area contributed by atoms with Gasteiger partial charge in [0.2, 0.25) is 0 Å². The van der Waals surface area contributed by atoms with Crippen molar-refractivity contribution in [1.29, 1.82) is 5.26 Å². The van der Waals surface area contributed by atoms with Gasteiger partial charge in [-0.3, -0.25) is 4.79 Å². The van der Waals surface area contributed by atoms with Gasteiger partial charge in [-0.15, -0.1) is 0 Å². The van der Waals surface area contributed by atoms with E-state index >= 15 is 0 Å². The molecule has 0 unspecified atom stereocenters. The van der Waals surface area contributed by atoms with Crippen molar-refractivity contribution in [3.63, 3.8) is 0 Å². The second kappa shape index (κ2) is 4.46. The zero-order valence-electron chi connectivity index (χ0n) is 9.44. The van der Waals surface area contributed by atoms with Gasteiger partial charge in [-0.25, -0.2) is 0 Å². The Kier molecular flexibility index (Phi) is 3.01. The minimum atomic E-state index is -0.799. The summed E-state index contributed by atoms with van der Waals surface area (Å²) in [4.78, 5) is 10.8. The largest absolute Gasteiger partial charge is 0.481 e. The van der Waals surface area contributed by atoms with Crippen LogP contribution in [-0.2, 0) is 4.79 Å². The van der Waals surface area contributed by atoms with Crippen molar-refractivity contribution in [2.75, 3.05) is 5.32 Å². The molecule has 2 N–H and O–H groups in total. The van der Waals surface area contributed by atoms with E-state index in [1.54, 1.807) is 12.1 Å². The first-order valence-corrected chi connectivity index (χ1v) is 5.64. The van der Waals surface area contributed by atoms with Gasteiger partial charge in [0.15, 0.2) is 0 Å². The Labute approximate surface area is 99.9 Å². The molecule has 1 aliphatic carbocycles. The molecule has 0 radical (unpaired) electrons. The molecule has 0 amide bonds. The highest BCUT2D eigenvalue weighted by Gasteiger charge is 2.39. The van der Waals surface area contributed by atoms with Gasteiger partial charge in [0.25, 0.3) is 0 Å². The minimum Gasteiger partial charge on any atom is -0.481 e. The zero-order valence-corrected chi connectivity index (χ0v) is 9.44. The molecule has 2 rings (SSSR count). The molecule has 1 saturated carbocycles. The summed E-state index contributed by atoms with van der Waals surface area (Å²) in [6.07, 6.45) is 2.83. The SMILES string of the molecule is N#Cc1ccccc1NC1(CC(=O)O)CCC1. The molecule has 1 fully saturated rings. The number of nitriles is 1. The number of carboxylic acid groups (broad SMARTS) is 1. The lowest BCUT2D eigenvalue weighted by atomic mass is 9.74. The monoisotopic (exact) mass is 230 g/mol. The second-order valence-corrected chi connectivity index (χ2v) is 4.49. The van der Waals surface area contributed by atoms with E-state index in [9.17, 15) is 4.79 Å². The summed E-state index contributed by atoms with van der Waals surface area (Å²) >= 11 is 0. The number of nitrogens with one attached hydrogen (secondary N) is 1.